The minimum absolute atomic E-state index is 0.0899. The molecule has 5 heteroatoms. The average molecular weight is 253 g/mol. The molecular formula is C12H19N3OS. The summed E-state index contributed by atoms with van der Waals surface area (Å²) < 4.78 is 0. The van der Waals surface area contributed by atoms with Crippen molar-refractivity contribution in [2.24, 2.45) is 0 Å². The number of aromatic nitrogens is 1. The van der Waals surface area contributed by atoms with Gasteiger partial charge in [0.05, 0.1) is 12.1 Å². The molecule has 0 radical (unpaired) electrons. The van der Waals surface area contributed by atoms with Crippen LogP contribution in [-0.4, -0.2) is 36.4 Å². The van der Waals surface area contributed by atoms with E-state index in [0.29, 0.717) is 6.54 Å². The van der Waals surface area contributed by atoms with Gasteiger partial charge in [0.15, 0.2) is 0 Å². The van der Waals surface area contributed by atoms with Crippen LogP contribution in [0.2, 0.25) is 0 Å². The standard InChI is InChI=1S/C12H19N3OS/c1-15(2)9-10(16)14-12(5-3-4-6-12)11-13-7-8-17-11/h7-8H,3-6,9H2,1-2H3,(H,14,16). The van der Waals surface area contributed by atoms with E-state index < -0.39 is 0 Å². The lowest BCUT2D eigenvalue weighted by molar-refractivity contribution is -0.123. The van der Waals surface area contributed by atoms with Crippen LogP contribution in [0.5, 0.6) is 0 Å². The molecule has 1 saturated carbocycles. The van der Waals surface area contributed by atoms with Crippen molar-refractivity contribution in [2.75, 3.05) is 20.6 Å². The molecule has 1 aromatic heterocycles. The fourth-order valence-corrected chi connectivity index (χ4v) is 3.28. The van der Waals surface area contributed by atoms with Crippen molar-refractivity contribution in [3.05, 3.63) is 16.6 Å². The Morgan fingerprint density at radius 3 is 2.76 bits per heavy atom. The Labute approximate surface area is 106 Å². The maximum atomic E-state index is 11.9. The molecule has 94 valence electrons. The van der Waals surface area contributed by atoms with Crippen LogP contribution in [0.25, 0.3) is 0 Å². The lowest BCUT2D eigenvalue weighted by atomic mass is 9.98. The van der Waals surface area contributed by atoms with Crippen molar-refractivity contribution in [3.63, 3.8) is 0 Å². The molecule has 0 spiro atoms. The molecule has 0 unspecified atom stereocenters. The SMILES string of the molecule is CN(C)CC(=O)NC1(c2nccs2)CCCC1. The van der Waals surface area contributed by atoms with Gasteiger partial charge in [0.25, 0.3) is 0 Å². The Morgan fingerprint density at radius 2 is 2.24 bits per heavy atom. The lowest BCUT2D eigenvalue weighted by Crippen LogP contribution is -2.46. The number of likely N-dealkylation sites (N-methyl/N-ethyl adjacent to an activating group) is 1. The van der Waals surface area contributed by atoms with E-state index in [-0.39, 0.29) is 11.4 Å². The topological polar surface area (TPSA) is 45.2 Å². The van der Waals surface area contributed by atoms with Gasteiger partial charge in [-0.25, -0.2) is 4.98 Å². The second-order valence-corrected chi connectivity index (χ2v) is 5.81. The zero-order chi connectivity index (χ0) is 12.3. The molecule has 1 aliphatic rings. The van der Waals surface area contributed by atoms with Crippen LogP contribution < -0.4 is 5.32 Å². The zero-order valence-electron chi connectivity index (χ0n) is 10.4. The number of rotatable bonds is 4. The Bertz CT molecular complexity index is 369. The molecule has 0 aromatic carbocycles. The minimum atomic E-state index is -0.193. The first-order chi connectivity index (χ1) is 8.12. The fourth-order valence-electron chi connectivity index (χ4n) is 2.42. The molecule has 0 aliphatic heterocycles. The van der Waals surface area contributed by atoms with Crippen molar-refractivity contribution in [1.29, 1.82) is 0 Å². The number of hydrogen-bond donors (Lipinski definition) is 1. The van der Waals surface area contributed by atoms with Gasteiger partial charge in [-0.3, -0.25) is 4.79 Å². The molecule has 17 heavy (non-hydrogen) atoms. The quantitative estimate of drug-likeness (QED) is 0.886. The summed E-state index contributed by atoms with van der Waals surface area (Å²) in [5.41, 5.74) is -0.193. The smallest absolute Gasteiger partial charge is 0.234 e. The van der Waals surface area contributed by atoms with E-state index >= 15 is 0 Å². The molecule has 0 atom stereocenters. The second-order valence-electron chi connectivity index (χ2n) is 4.91. The molecule has 1 N–H and O–H groups in total. The highest BCUT2D eigenvalue weighted by Gasteiger charge is 2.39. The van der Waals surface area contributed by atoms with Gasteiger partial charge >= 0.3 is 0 Å². The number of thiazole rings is 1. The number of carbonyl (C=O) groups excluding carboxylic acids is 1. The largest absolute Gasteiger partial charge is 0.343 e. The van der Waals surface area contributed by atoms with Crippen molar-refractivity contribution in [1.82, 2.24) is 15.2 Å². The molecule has 1 aromatic rings. The Hall–Kier alpha value is -0.940. The van der Waals surface area contributed by atoms with Crippen molar-refractivity contribution < 1.29 is 4.79 Å². The minimum Gasteiger partial charge on any atom is -0.343 e. The molecule has 0 saturated heterocycles. The first-order valence-electron chi connectivity index (χ1n) is 5.98. The van der Waals surface area contributed by atoms with E-state index in [4.69, 9.17) is 0 Å². The van der Waals surface area contributed by atoms with E-state index in [1.165, 1.54) is 12.8 Å². The third kappa shape index (κ3) is 2.84. The summed E-state index contributed by atoms with van der Waals surface area (Å²) >= 11 is 1.64. The number of nitrogens with zero attached hydrogens (tertiary/aromatic N) is 2. The van der Waals surface area contributed by atoms with Crippen LogP contribution >= 0.6 is 11.3 Å². The monoisotopic (exact) mass is 253 g/mol. The van der Waals surface area contributed by atoms with Crippen LogP contribution in [0.4, 0.5) is 0 Å². The number of nitrogens with one attached hydrogen (secondary N) is 1. The maximum absolute atomic E-state index is 11.9. The predicted octanol–water partition coefficient (Wildman–Crippen LogP) is 1.59. The normalized spacial score (nSPS) is 18.5. The van der Waals surface area contributed by atoms with E-state index in [2.05, 4.69) is 10.3 Å². The predicted molar refractivity (Wildman–Crippen MR) is 69.0 cm³/mol. The fraction of sp³-hybridized carbons (Fsp3) is 0.667. The highest BCUT2D eigenvalue weighted by Crippen LogP contribution is 2.39. The van der Waals surface area contributed by atoms with Gasteiger partial charge in [-0.1, -0.05) is 12.8 Å². The van der Waals surface area contributed by atoms with Gasteiger partial charge in [0.1, 0.15) is 5.01 Å². The van der Waals surface area contributed by atoms with Crippen molar-refractivity contribution in [3.8, 4) is 0 Å². The Morgan fingerprint density at radius 1 is 1.53 bits per heavy atom. The molecule has 1 heterocycles. The maximum Gasteiger partial charge on any atom is 0.234 e. The summed E-state index contributed by atoms with van der Waals surface area (Å²) in [5, 5.41) is 6.23. The van der Waals surface area contributed by atoms with Crippen LogP contribution in [0.3, 0.4) is 0 Å². The highest BCUT2D eigenvalue weighted by atomic mass is 32.1. The van der Waals surface area contributed by atoms with Crippen molar-refractivity contribution >= 4 is 17.2 Å². The number of hydrogen-bond acceptors (Lipinski definition) is 4. The third-order valence-corrected chi connectivity index (χ3v) is 4.11. The Balaban J connectivity index is 2.10. The van der Waals surface area contributed by atoms with Crippen molar-refractivity contribution in [2.45, 2.75) is 31.2 Å². The molecule has 4 nitrogen and oxygen atoms in total. The van der Waals surface area contributed by atoms with E-state index in [1.54, 1.807) is 11.3 Å². The molecule has 2 rings (SSSR count). The van der Waals surface area contributed by atoms with Crippen LogP contribution in [0, 0.1) is 0 Å². The molecule has 1 amide bonds. The summed E-state index contributed by atoms with van der Waals surface area (Å²) in [4.78, 5) is 18.2. The summed E-state index contributed by atoms with van der Waals surface area (Å²) in [6.45, 7) is 0.438. The zero-order valence-corrected chi connectivity index (χ0v) is 11.2. The molecular weight excluding hydrogens is 234 g/mol. The van der Waals surface area contributed by atoms with Gasteiger partial charge in [-0.2, -0.15) is 0 Å². The van der Waals surface area contributed by atoms with Crippen LogP contribution in [-0.2, 0) is 10.3 Å². The van der Waals surface area contributed by atoms with Gasteiger partial charge in [-0.05, 0) is 26.9 Å². The average Bonchev–Trinajstić information content (AvgIpc) is 2.84. The van der Waals surface area contributed by atoms with Crippen LogP contribution in [0.1, 0.15) is 30.7 Å². The molecule has 0 bridgehead atoms. The van der Waals surface area contributed by atoms with E-state index in [1.807, 2.05) is 30.6 Å². The van der Waals surface area contributed by atoms with Crippen LogP contribution in [0.15, 0.2) is 11.6 Å². The third-order valence-electron chi connectivity index (χ3n) is 3.14. The second kappa shape index (κ2) is 5.14. The van der Waals surface area contributed by atoms with Gasteiger partial charge in [0.2, 0.25) is 5.91 Å². The first kappa shape index (κ1) is 12.5. The van der Waals surface area contributed by atoms with E-state index in [0.717, 1.165) is 17.8 Å². The number of carbonyl (C=O) groups is 1. The summed E-state index contributed by atoms with van der Waals surface area (Å²) in [6.07, 6.45) is 6.18. The van der Waals surface area contributed by atoms with Gasteiger partial charge in [-0.15, -0.1) is 11.3 Å². The Kier molecular flexibility index (Phi) is 3.79. The molecule has 1 fully saturated rings. The first-order valence-corrected chi connectivity index (χ1v) is 6.86. The van der Waals surface area contributed by atoms with Gasteiger partial charge < -0.3 is 10.2 Å². The summed E-state index contributed by atoms with van der Waals surface area (Å²) in [6, 6.07) is 0. The summed E-state index contributed by atoms with van der Waals surface area (Å²) in [5.74, 6) is 0.0899. The highest BCUT2D eigenvalue weighted by molar-refractivity contribution is 7.09. The summed E-state index contributed by atoms with van der Waals surface area (Å²) in [7, 11) is 3.81. The van der Waals surface area contributed by atoms with Gasteiger partial charge in [0, 0.05) is 11.6 Å². The number of amides is 1. The lowest BCUT2D eigenvalue weighted by Gasteiger charge is -2.28. The molecule has 1 aliphatic carbocycles. The van der Waals surface area contributed by atoms with E-state index in [9.17, 15) is 4.79 Å².